The van der Waals surface area contributed by atoms with Crippen LogP contribution in [0, 0.1) is 0 Å². The van der Waals surface area contributed by atoms with Gasteiger partial charge in [0.2, 0.25) is 0 Å². The number of carbonyl (C=O) groups excluding carboxylic acids is 2. The summed E-state index contributed by atoms with van der Waals surface area (Å²) < 4.78 is 16.0. The first-order valence-corrected chi connectivity index (χ1v) is 10.6. The Morgan fingerprint density at radius 3 is 2.24 bits per heavy atom. The van der Waals surface area contributed by atoms with E-state index >= 15 is 0 Å². The Labute approximate surface area is 197 Å². The molecule has 0 aromatic heterocycles. The van der Waals surface area contributed by atoms with E-state index in [0.29, 0.717) is 46.5 Å². The van der Waals surface area contributed by atoms with Gasteiger partial charge in [0, 0.05) is 22.8 Å². The van der Waals surface area contributed by atoms with Gasteiger partial charge in [-0.1, -0.05) is 17.7 Å². The second-order valence-electron chi connectivity index (χ2n) is 7.06. The number of halogens is 1. The van der Waals surface area contributed by atoms with Gasteiger partial charge in [-0.15, -0.1) is 0 Å². The van der Waals surface area contributed by atoms with Gasteiger partial charge in [0.25, 0.3) is 11.8 Å². The number of hydrogen-bond donors (Lipinski definition) is 2. The number of ether oxygens (including phenoxy) is 3. The first-order valence-electron chi connectivity index (χ1n) is 10.3. The molecular weight excluding hydrogens is 444 g/mol. The van der Waals surface area contributed by atoms with Crippen molar-refractivity contribution >= 4 is 29.1 Å². The zero-order valence-electron chi connectivity index (χ0n) is 18.4. The minimum Gasteiger partial charge on any atom is -0.493 e. The van der Waals surface area contributed by atoms with Crippen molar-refractivity contribution in [3.8, 4) is 17.2 Å². The van der Waals surface area contributed by atoms with Crippen LogP contribution in [0.5, 0.6) is 17.2 Å². The highest BCUT2D eigenvalue weighted by Gasteiger charge is 2.08. The lowest BCUT2D eigenvalue weighted by atomic mass is 10.1. The van der Waals surface area contributed by atoms with Crippen LogP contribution in [0.4, 0.5) is 5.69 Å². The van der Waals surface area contributed by atoms with Crippen molar-refractivity contribution in [2.75, 3.05) is 32.7 Å². The Morgan fingerprint density at radius 1 is 0.879 bits per heavy atom. The molecule has 3 rings (SSSR count). The number of anilines is 1. The molecule has 0 saturated carbocycles. The fourth-order valence-corrected chi connectivity index (χ4v) is 3.15. The van der Waals surface area contributed by atoms with Crippen LogP contribution in [0.3, 0.4) is 0 Å². The second kappa shape index (κ2) is 11.8. The summed E-state index contributed by atoms with van der Waals surface area (Å²) in [5.41, 5.74) is 2.13. The van der Waals surface area contributed by atoms with Crippen LogP contribution in [0.2, 0.25) is 5.02 Å². The molecule has 0 spiro atoms. The molecule has 3 aromatic rings. The number of nitrogens with one attached hydrogen (secondary N) is 2. The van der Waals surface area contributed by atoms with Gasteiger partial charge in [0.05, 0.1) is 14.2 Å². The van der Waals surface area contributed by atoms with Gasteiger partial charge >= 0.3 is 0 Å². The van der Waals surface area contributed by atoms with E-state index in [1.165, 1.54) is 0 Å². The Hall–Kier alpha value is -3.71. The SMILES string of the molecule is COc1ccc(CCNC(=O)COc2ccc(C(=O)Nc3ccc(Cl)cc3)cc2)cc1OC. The molecule has 0 aliphatic rings. The lowest BCUT2D eigenvalue weighted by Gasteiger charge is -2.11. The van der Waals surface area contributed by atoms with Crippen molar-refractivity contribution in [2.45, 2.75) is 6.42 Å². The maximum absolute atomic E-state index is 12.3. The molecule has 33 heavy (non-hydrogen) atoms. The van der Waals surface area contributed by atoms with E-state index in [4.69, 9.17) is 25.8 Å². The van der Waals surface area contributed by atoms with Crippen molar-refractivity contribution in [3.63, 3.8) is 0 Å². The summed E-state index contributed by atoms with van der Waals surface area (Å²) in [5.74, 6) is 1.31. The molecule has 2 amide bonds. The summed E-state index contributed by atoms with van der Waals surface area (Å²) in [6, 6.07) is 19.1. The zero-order valence-corrected chi connectivity index (χ0v) is 19.1. The predicted octanol–water partition coefficient (Wildman–Crippen LogP) is 4.35. The third-order valence-corrected chi connectivity index (χ3v) is 5.02. The average molecular weight is 469 g/mol. The van der Waals surface area contributed by atoms with E-state index in [0.717, 1.165) is 5.56 Å². The quantitative estimate of drug-likeness (QED) is 0.462. The van der Waals surface area contributed by atoms with Crippen LogP contribution in [-0.4, -0.2) is 39.2 Å². The highest BCUT2D eigenvalue weighted by atomic mass is 35.5. The van der Waals surface area contributed by atoms with Gasteiger partial charge in [0.1, 0.15) is 5.75 Å². The molecule has 0 atom stereocenters. The van der Waals surface area contributed by atoms with Gasteiger partial charge in [0.15, 0.2) is 18.1 Å². The molecule has 2 N–H and O–H groups in total. The molecule has 7 nitrogen and oxygen atoms in total. The van der Waals surface area contributed by atoms with Crippen molar-refractivity contribution in [1.82, 2.24) is 5.32 Å². The van der Waals surface area contributed by atoms with Crippen LogP contribution in [0.25, 0.3) is 0 Å². The number of carbonyl (C=O) groups is 2. The number of benzene rings is 3. The molecule has 0 saturated heterocycles. The molecule has 0 unspecified atom stereocenters. The predicted molar refractivity (Wildman–Crippen MR) is 128 cm³/mol. The number of amides is 2. The van der Waals surface area contributed by atoms with Gasteiger partial charge in [-0.25, -0.2) is 0 Å². The Balaban J connectivity index is 1.42. The Morgan fingerprint density at radius 2 is 1.58 bits per heavy atom. The molecule has 0 fully saturated rings. The highest BCUT2D eigenvalue weighted by Crippen LogP contribution is 2.27. The molecule has 8 heteroatoms. The minimum absolute atomic E-state index is 0.123. The van der Waals surface area contributed by atoms with Gasteiger partial charge in [-0.3, -0.25) is 9.59 Å². The lowest BCUT2D eigenvalue weighted by molar-refractivity contribution is -0.123. The van der Waals surface area contributed by atoms with Crippen LogP contribution < -0.4 is 24.8 Å². The van der Waals surface area contributed by atoms with Crippen molar-refractivity contribution in [1.29, 1.82) is 0 Å². The van der Waals surface area contributed by atoms with Crippen LogP contribution in [0.1, 0.15) is 15.9 Å². The molecule has 172 valence electrons. The van der Waals surface area contributed by atoms with Crippen molar-refractivity contribution < 1.29 is 23.8 Å². The molecular formula is C25H25ClN2O5. The molecule has 0 radical (unpaired) electrons. The number of methoxy groups -OCH3 is 2. The highest BCUT2D eigenvalue weighted by molar-refractivity contribution is 6.30. The maximum Gasteiger partial charge on any atom is 0.257 e. The van der Waals surface area contributed by atoms with E-state index in [1.807, 2.05) is 18.2 Å². The third kappa shape index (κ3) is 7.15. The first kappa shape index (κ1) is 23.9. The monoisotopic (exact) mass is 468 g/mol. The minimum atomic E-state index is -0.253. The van der Waals surface area contributed by atoms with E-state index < -0.39 is 0 Å². The summed E-state index contributed by atoms with van der Waals surface area (Å²) >= 11 is 5.85. The van der Waals surface area contributed by atoms with Crippen LogP contribution in [-0.2, 0) is 11.2 Å². The summed E-state index contributed by atoms with van der Waals surface area (Å²) in [4.78, 5) is 24.4. The second-order valence-corrected chi connectivity index (χ2v) is 7.50. The smallest absolute Gasteiger partial charge is 0.257 e. The van der Waals surface area contributed by atoms with Gasteiger partial charge in [-0.05, 0) is 72.6 Å². The fraction of sp³-hybridized carbons (Fsp3) is 0.200. The lowest BCUT2D eigenvalue weighted by Crippen LogP contribution is -2.30. The first-order chi connectivity index (χ1) is 16.0. The third-order valence-electron chi connectivity index (χ3n) is 4.77. The maximum atomic E-state index is 12.3. The number of hydrogen-bond acceptors (Lipinski definition) is 5. The molecule has 0 aliphatic heterocycles. The Bertz CT molecular complexity index is 1080. The van der Waals surface area contributed by atoms with E-state index in [1.54, 1.807) is 62.8 Å². The van der Waals surface area contributed by atoms with Crippen molar-refractivity contribution in [2.24, 2.45) is 0 Å². The van der Waals surface area contributed by atoms with Gasteiger partial charge < -0.3 is 24.8 Å². The van der Waals surface area contributed by atoms with Crippen LogP contribution in [0.15, 0.2) is 66.7 Å². The molecule has 3 aromatic carbocycles. The number of rotatable bonds is 10. The molecule has 0 heterocycles. The van der Waals surface area contributed by atoms with E-state index in [9.17, 15) is 9.59 Å². The summed E-state index contributed by atoms with van der Waals surface area (Å²) in [7, 11) is 3.17. The topological polar surface area (TPSA) is 85.9 Å². The van der Waals surface area contributed by atoms with Gasteiger partial charge in [-0.2, -0.15) is 0 Å². The summed E-state index contributed by atoms with van der Waals surface area (Å²) in [5, 5.41) is 6.20. The Kier molecular flexibility index (Phi) is 8.55. The van der Waals surface area contributed by atoms with Crippen molar-refractivity contribution in [3.05, 3.63) is 82.9 Å². The van der Waals surface area contributed by atoms with E-state index in [2.05, 4.69) is 10.6 Å². The largest absolute Gasteiger partial charge is 0.493 e. The molecule has 0 aliphatic carbocycles. The summed E-state index contributed by atoms with van der Waals surface area (Å²) in [6.45, 7) is 0.337. The molecule has 0 bridgehead atoms. The van der Waals surface area contributed by atoms with E-state index in [-0.39, 0.29) is 18.4 Å². The standard InChI is InChI=1S/C25H25ClN2O5/c1-31-22-12-3-17(15-23(22)32-2)13-14-27-24(29)16-33-21-10-4-18(5-11-21)25(30)28-20-8-6-19(26)7-9-20/h3-12,15H,13-14,16H2,1-2H3,(H,27,29)(H,28,30). The zero-order chi connectivity index (χ0) is 23.6. The average Bonchev–Trinajstić information content (AvgIpc) is 2.84. The van der Waals surface area contributed by atoms with Crippen LogP contribution >= 0.6 is 11.6 Å². The normalized spacial score (nSPS) is 10.3. The fourth-order valence-electron chi connectivity index (χ4n) is 3.02. The summed E-state index contributed by atoms with van der Waals surface area (Å²) in [6.07, 6.45) is 0.642.